The Bertz CT molecular complexity index is 533. The number of carbonyl (C=O) groups excluding carboxylic acids is 1. The summed E-state index contributed by atoms with van der Waals surface area (Å²) in [4.78, 5) is 24.6. The lowest BCUT2D eigenvalue weighted by Gasteiger charge is -2.17. The van der Waals surface area contributed by atoms with Gasteiger partial charge in [0, 0.05) is 19.5 Å². The Morgan fingerprint density at radius 3 is 2.80 bits per heavy atom. The van der Waals surface area contributed by atoms with Gasteiger partial charge < -0.3 is 10.0 Å². The molecule has 6 heteroatoms. The van der Waals surface area contributed by atoms with Crippen molar-refractivity contribution in [2.24, 2.45) is 5.92 Å². The minimum Gasteiger partial charge on any atom is -0.481 e. The van der Waals surface area contributed by atoms with E-state index in [-0.39, 0.29) is 23.3 Å². The van der Waals surface area contributed by atoms with Crippen LogP contribution in [0.25, 0.3) is 0 Å². The molecule has 1 saturated heterocycles. The lowest BCUT2D eigenvalue weighted by Crippen LogP contribution is -2.29. The molecule has 0 aromatic heterocycles. The maximum absolute atomic E-state index is 12.4. The number of rotatable bonds is 4. The van der Waals surface area contributed by atoms with E-state index < -0.39 is 5.97 Å². The summed E-state index contributed by atoms with van der Waals surface area (Å²) in [5.41, 5.74) is 0.401. The van der Waals surface area contributed by atoms with Crippen LogP contribution in [0, 0.1) is 5.92 Å². The molecule has 1 aromatic carbocycles. The van der Waals surface area contributed by atoms with E-state index in [0.29, 0.717) is 30.1 Å². The third kappa shape index (κ3) is 3.44. The van der Waals surface area contributed by atoms with Gasteiger partial charge >= 0.3 is 5.97 Å². The molecule has 1 unspecified atom stereocenters. The van der Waals surface area contributed by atoms with Crippen molar-refractivity contribution in [2.45, 2.75) is 19.3 Å². The van der Waals surface area contributed by atoms with Crippen molar-refractivity contribution in [3.63, 3.8) is 0 Å². The average Bonchev–Trinajstić information content (AvgIpc) is 2.87. The van der Waals surface area contributed by atoms with Crippen molar-refractivity contribution < 1.29 is 14.7 Å². The highest BCUT2D eigenvalue weighted by molar-refractivity contribution is 6.43. The SMILES string of the molecule is O=C(O)CCC1CCN(C(=O)c2cccc(Cl)c2Cl)C1. The van der Waals surface area contributed by atoms with Crippen molar-refractivity contribution >= 4 is 35.1 Å². The van der Waals surface area contributed by atoms with Gasteiger partial charge in [0.25, 0.3) is 5.91 Å². The molecule has 1 heterocycles. The van der Waals surface area contributed by atoms with E-state index in [4.69, 9.17) is 28.3 Å². The van der Waals surface area contributed by atoms with Gasteiger partial charge in [0.15, 0.2) is 0 Å². The smallest absolute Gasteiger partial charge is 0.303 e. The van der Waals surface area contributed by atoms with E-state index in [1.54, 1.807) is 23.1 Å². The predicted octanol–water partition coefficient (Wildman–Crippen LogP) is 3.32. The Morgan fingerprint density at radius 2 is 2.10 bits per heavy atom. The molecule has 0 radical (unpaired) electrons. The van der Waals surface area contributed by atoms with Gasteiger partial charge in [0.1, 0.15) is 0 Å². The number of amides is 1. The number of aliphatic carboxylic acids is 1. The van der Waals surface area contributed by atoms with Gasteiger partial charge in [0.05, 0.1) is 15.6 Å². The minimum atomic E-state index is -0.798. The van der Waals surface area contributed by atoms with E-state index in [2.05, 4.69) is 0 Å². The first-order valence-electron chi connectivity index (χ1n) is 6.44. The zero-order chi connectivity index (χ0) is 14.7. The highest BCUT2D eigenvalue weighted by atomic mass is 35.5. The first-order valence-corrected chi connectivity index (χ1v) is 7.19. The molecule has 108 valence electrons. The second-order valence-corrected chi connectivity index (χ2v) is 5.72. The summed E-state index contributed by atoms with van der Waals surface area (Å²) in [6.45, 7) is 1.21. The number of carboxylic acid groups (broad SMARTS) is 1. The zero-order valence-electron chi connectivity index (χ0n) is 10.8. The second-order valence-electron chi connectivity index (χ2n) is 4.94. The molecule has 1 aliphatic rings. The van der Waals surface area contributed by atoms with Crippen molar-refractivity contribution in [1.82, 2.24) is 4.90 Å². The standard InChI is InChI=1S/C14H15Cl2NO3/c15-11-3-1-2-10(13(11)16)14(20)17-7-6-9(8-17)4-5-12(18)19/h1-3,9H,4-8H2,(H,18,19). The number of hydrogen-bond acceptors (Lipinski definition) is 2. The number of benzene rings is 1. The van der Waals surface area contributed by atoms with E-state index in [1.165, 1.54) is 0 Å². The minimum absolute atomic E-state index is 0.143. The molecule has 0 saturated carbocycles. The molecule has 20 heavy (non-hydrogen) atoms. The molecule has 1 amide bonds. The van der Waals surface area contributed by atoms with Crippen molar-refractivity contribution in [2.75, 3.05) is 13.1 Å². The third-order valence-electron chi connectivity index (χ3n) is 3.52. The number of carbonyl (C=O) groups is 2. The molecule has 0 aliphatic carbocycles. The number of nitrogens with zero attached hydrogens (tertiary/aromatic N) is 1. The van der Waals surface area contributed by atoms with Gasteiger partial charge in [-0.1, -0.05) is 29.3 Å². The van der Waals surface area contributed by atoms with E-state index in [1.807, 2.05) is 0 Å². The fourth-order valence-corrected chi connectivity index (χ4v) is 2.80. The number of carboxylic acids is 1. The fourth-order valence-electron chi connectivity index (χ4n) is 2.42. The Kier molecular flexibility index (Phi) is 4.89. The van der Waals surface area contributed by atoms with Crippen LogP contribution in [-0.2, 0) is 4.79 Å². The molecule has 1 aromatic rings. The van der Waals surface area contributed by atoms with Crippen molar-refractivity contribution in [3.8, 4) is 0 Å². The quantitative estimate of drug-likeness (QED) is 0.927. The predicted molar refractivity (Wildman–Crippen MR) is 77.3 cm³/mol. The molecule has 4 nitrogen and oxygen atoms in total. The largest absolute Gasteiger partial charge is 0.481 e. The molecule has 0 spiro atoms. The summed E-state index contributed by atoms with van der Waals surface area (Å²) in [6.07, 6.45) is 1.57. The Labute approximate surface area is 127 Å². The molecule has 1 fully saturated rings. The summed E-state index contributed by atoms with van der Waals surface area (Å²) in [5, 5.41) is 9.31. The Morgan fingerprint density at radius 1 is 1.35 bits per heavy atom. The summed E-state index contributed by atoms with van der Waals surface area (Å²) in [5.74, 6) is -0.698. The topological polar surface area (TPSA) is 57.6 Å². The second kappa shape index (κ2) is 6.46. The number of hydrogen-bond donors (Lipinski definition) is 1. The Hall–Kier alpha value is -1.26. The van der Waals surface area contributed by atoms with Crippen molar-refractivity contribution in [3.05, 3.63) is 33.8 Å². The van der Waals surface area contributed by atoms with Crippen LogP contribution < -0.4 is 0 Å². The average molecular weight is 316 g/mol. The molecular formula is C14H15Cl2NO3. The van der Waals surface area contributed by atoms with Gasteiger partial charge in [-0.3, -0.25) is 9.59 Å². The number of halogens is 2. The lowest BCUT2D eigenvalue weighted by molar-refractivity contribution is -0.137. The summed E-state index contributed by atoms with van der Waals surface area (Å²) < 4.78 is 0. The Balaban J connectivity index is 2.01. The van der Waals surface area contributed by atoms with E-state index in [9.17, 15) is 9.59 Å². The highest BCUT2D eigenvalue weighted by Crippen LogP contribution is 2.29. The van der Waals surface area contributed by atoms with Gasteiger partial charge in [-0.25, -0.2) is 0 Å². The van der Waals surface area contributed by atoms with Gasteiger partial charge in [-0.05, 0) is 30.9 Å². The van der Waals surface area contributed by atoms with Crippen LogP contribution >= 0.6 is 23.2 Å². The molecule has 1 atom stereocenters. The first kappa shape index (κ1) is 15.1. The maximum Gasteiger partial charge on any atom is 0.303 e. The van der Waals surface area contributed by atoms with Crippen LogP contribution in [0.2, 0.25) is 10.0 Å². The van der Waals surface area contributed by atoms with Crippen LogP contribution in [0.4, 0.5) is 0 Å². The van der Waals surface area contributed by atoms with Crippen molar-refractivity contribution in [1.29, 1.82) is 0 Å². The van der Waals surface area contributed by atoms with Crippen LogP contribution in [-0.4, -0.2) is 35.0 Å². The van der Waals surface area contributed by atoms with E-state index >= 15 is 0 Å². The lowest BCUT2D eigenvalue weighted by atomic mass is 10.0. The van der Waals surface area contributed by atoms with Crippen LogP contribution in [0.15, 0.2) is 18.2 Å². The molecule has 1 N–H and O–H groups in total. The summed E-state index contributed by atoms with van der Waals surface area (Å²) >= 11 is 12.0. The summed E-state index contributed by atoms with van der Waals surface area (Å²) in [7, 11) is 0. The van der Waals surface area contributed by atoms with Crippen LogP contribution in [0.3, 0.4) is 0 Å². The molecule has 1 aliphatic heterocycles. The molecule has 0 bridgehead atoms. The van der Waals surface area contributed by atoms with E-state index in [0.717, 1.165) is 6.42 Å². The maximum atomic E-state index is 12.4. The molecular weight excluding hydrogens is 301 g/mol. The monoisotopic (exact) mass is 315 g/mol. The highest BCUT2D eigenvalue weighted by Gasteiger charge is 2.28. The molecule has 2 rings (SSSR count). The fraction of sp³-hybridized carbons (Fsp3) is 0.429. The number of likely N-dealkylation sites (tertiary alicyclic amines) is 1. The van der Waals surface area contributed by atoms with Crippen LogP contribution in [0.5, 0.6) is 0 Å². The van der Waals surface area contributed by atoms with Gasteiger partial charge in [-0.2, -0.15) is 0 Å². The third-order valence-corrected chi connectivity index (χ3v) is 4.34. The first-order chi connectivity index (χ1) is 9.49. The zero-order valence-corrected chi connectivity index (χ0v) is 12.3. The summed E-state index contributed by atoms with van der Waals surface area (Å²) in [6, 6.07) is 4.99. The van der Waals surface area contributed by atoms with Crippen LogP contribution in [0.1, 0.15) is 29.6 Å². The van der Waals surface area contributed by atoms with Gasteiger partial charge in [-0.15, -0.1) is 0 Å². The van der Waals surface area contributed by atoms with Gasteiger partial charge in [0.2, 0.25) is 0 Å². The normalized spacial score (nSPS) is 18.3.